The highest BCUT2D eigenvalue weighted by atomic mass is 19.1. The predicted octanol–water partition coefficient (Wildman–Crippen LogP) is 2.64. The van der Waals surface area contributed by atoms with E-state index in [1.165, 1.54) is 25.5 Å². The molecule has 0 bridgehead atoms. The SMILES string of the molecule is Cc1c(F)cccc1NC1CCCN(C)C1. The Hall–Kier alpha value is -1.09. The zero-order chi connectivity index (χ0) is 11.5. The van der Waals surface area contributed by atoms with Crippen molar-refractivity contribution in [2.24, 2.45) is 0 Å². The summed E-state index contributed by atoms with van der Waals surface area (Å²) in [6.45, 7) is 4.03. The third-order valence-corrected chi connectivity index (χ3v) is 3.25. The molecule has 16 heavy (non-hydrogen) atoms. The van der Waals surface area contributed by atoms with Crippen molar-refractivity contribution in [3.8, 4) is 0 Å². The molecule has 88 valence electrons. The van der Waals surface area contributed by atoms with E-state index in [4.69, 9.17) is 0 Å². The van der Waals surface area contributed by atoms with Gasteiger partial charge in [0, 0.05) is 23.8 Å². The zero-order valence-electron chi connectivity index (χ0n) is 9.96. The lowest BCUT2D eigenvalue weighted by Gasteiger charge is -2.31. The van der Waals surface area contributed by atoms with Gasteiger partial charge in [0.15, 0.2) is 0 Å². The highest BCUT2D eigenvalue weighted by Crippen LogP contribution is 2.20. The van der Waals surface area contributed by atoms with Crippen molar-refractivity contribution >= 4 is 5.69 Å². The topological polar surface area (TPSA) is 15.3 Å². The van der Waals surface area contributed by atoms with E-state index in [0.717, 1.165) is 17.8 Å². The highest BCUT2D eigenvalue weighted by Gasteiger charge is 2.17. The van der Waals surface area contributed by atoms with E-state index in [1.54, 1.807) is 6.07 Å². The molecule has 1 aliphatic rings. The Morgan fingerprint density at radius 2 is 2.25 bits per heavy atom. The van der Waals surface area contributed by atoms with E-state index in [1.807, 2.05) is 13.0 Å². The van der Waals surface area contributed by atoms with E-state index in [2.05, 4.69) is 17.3 Å². The molecule has 0 saturated carbocycles. The molecule has 0 spiro atoms. The Bertz CT molecular complexity index is 365. The number of hydrogen-bond donors (Lipinski definition) is 1. The van der Waals surface area contributed by atoms with Crippen molar-refractivity contribution in [3.63, 3.8) is 0 Å². The number of benzene rings is 1. The van der Waals surface area contributed by atoms with Gasteiger partial charge in [-0.1, -0.05) is 6.07 Å². The standard InChI is InChI=1S/C13H19FN2/c1-10-12(14)6-3-7-13(10)15-11-5-4-8-16(2)9-11/h3,6-7,11,15H,4-5,8-9H2,1-2H3. The first kappa shape index (κ1) is 11.4. The molecule has 1 heterocycles. The van der Waals surface area contributed by atoms with E-state index >= 15 is 0 Å². The number of hydrogen-bond acceptors (Lipinski definition) is 2. The Morgan fingerprint density at radius 1 is 1.44 bits per heavy atom. The molecular formula is C13H19FN2. The van der Waals surface area contributed by atoms with Gasteiger partial charge in [0.25, 0.3) is 0 Å². The first-order chi connectivity index (χ1) is 7.66. The van der Waals surface area contributed by atoms with Crippen LogP contribution in [0.4, 0.5) is 10.1 Å². The first-order valence-electron chi connectivity index (χ1n) is 5.87. The first-order valence-corrected chi connectivity index (χ1v) is 5.87. The fraction of sp³-hybridized carbons (Fsp3) is 0.538. The largest absolute Gasteiger partial charge is 0.381 e. The molecular weight excluding hydrogens is 203 g/mol. The fourth-order valence-electron chi connectivity index (χ4n) is 2.27. The number of anilines is 1. The summed E-state index contributed by atoms with van der Waals surface area (Å²) in [6, 6.07) is 5.66. The average Bonchev–Trinajstić information content (AvgIpc) is 2.25. The molecule has 0 radical (unpaired) electrons. The second-order valence-electron chi connectivity index (χ2n) is 4.66. The summed E-state index contributed by atoms with van der Waals surface area (Å²) in [6.07, 6.45) is 2.38. The van der Waals surface area contributed by atoms with Gasteiger partial charge in [-0.3, -0.25) is 0 Å². The van der Waals surface area contributed by atoms with Crippen molar-refractivity contribution in [2.75, 3.05) is 25.5 Å². The van der Waals surface area contributed by atoms with E-state index < -0.39 is 0 Å². The van der Waals surface area contributed by atoms with Crippen LogP contribution in [0, 0.1) is 12.7 Å². The minimum Gasteiger partial charge on any atom is -0.381 e. The number of nitrogens with zero attached hydrogens (tertiary/aromatic N) is 1. The van der Waals surface area contributed by atoms with Gasteiger partial charge < -0.3 is 10.2 Å². The lowest BCUT2D eigenvalue weighted by molar-refractivity contribution is 0.261. The Balaban J connectivity index is 2.05. The quantitative estimate of drug-likeness (QED) is 0.827. The van der Waals surface area contributed by atoms with Crippen molar-refractivity contribution in [1.29, 1.82) is 0 Å². The van der Waals surface area contributed by atoms with Crippen molar-refractivity contribution < 1.29 is 4.39 Å². The third kappa shape index (κ3) is 2.53. The van der Waals surface area contributed by atoms with Gasteiger partial charge in [0.2, 0.25) is 0 Å². The lowest BCUT2D eigenvalue weighted by Crippen LogP contribution is -2.39. The summed E-state index contributed by atoms with van der Waals surface area (Å²) < 4.78 is 13.4. The van der Waals surface area contributed by atoms with Crippen LogP contribution in [0.5, 0.6) is 0 Å². The molecule has 1 atom stereocenters. The molecule has 0 aromatic heterocycles. The number of piperidine rings is 1. The maximum absolute atomic E-state index is 13.4. The molecule has 2 nitrogen and oxygen atoms in total. The van der Waals surface area contributed by atoms with Gasteiger partial charge in [-0.25, -0.2) is 4.39 Å². The summed E-state index contributed by atoms with van der Waals surface area (Å²) >= 11 is 0. The number of likely N-dealkylation sites (tertiary alicyclic amines) is 1. The van der Waals surface area contributed by atoms with Gasteiger partial charge in [0.1, 0.15) is 5.82 Å². The lowest BCUT2D eigenvalue weighted by atomic mass is 10.1. The second-order valence-corrected chi connectivity index (χ2v) is 4.66. The maximum Gasteiger partial charge on any atom is 0.128 e. The van der Waals surface area contributed by atoms with E-state index in [9.17, 15) is 4.39 Å². The minimum atomic E-state index is -0.130. The molecule has 0 amide bonds. The van der Waals surface area contributed by atoms with Crippen molar-refractivity contribution in [2.45, 2.75) is 25.8 Å². The molecule has 2 rings (SSSR count). The maximum atomic E-state index is 13.4. The summed E-state index contributed by atoms with van der Waals surface area (Å²) in [7, 11) is 2.13. The van der Waals surface area contributed by atoms with Gasteiger partial charge in [-0.05, 0) is 45.5 Å². The number of likely N-dealkylation sites (N-methyl/N-ethyl adjacent to an activating group) is 1. The molecule has 1 aliphatic heterocycles. The third-order valence-electron chi connectivity index (χ3n) is 3.25. The molecule has 0 aliphatic carbocycles. The molecule has 1 N–H and O–H groups in total. The highest BCUT2D eigenvalue weighted by molar-refractivity contribution is 5.51. The van der Waals surface area contributed by atoms with Crippen molar-refractivity contribution in [3.05, 3.63) is 29.6 Å². The molecule has 1 saturated heterocycles. The van der Waals surface area contributed by atoms with Crippen LogP contribution < -0.4 is 5.32 Å². The normalized spacial score (nSPS) is 22.1. The van der Waals surface area contributed by atoms with Crippen LogP contribution in [0.2, 0.25) is 0 Å². The number of rotatable bonds is 2. The predicted molar refractivity (Wildman–Crippen MR) is 65.3 cm³/mol. The van der Waals surface area contributed by atoms with Crippen LogP contribution in [0.1, 0.15) is 18.4 Å². The molecule has 1 aromatic carbocycles. The van der Waals surface area contributed by atoms with E-state index in [0.29, 0.717) is 6.04 Å². The Labute approximate surface area is 96.5 Å². The smallest absolute Gasteiger partial charge is 0.128 e. The van der Waals surface area contributed by atoms with Crippen LogP contribution in [0.3, 0.4) is 0 Å². The fourth-order valence-corrected chi connectivity index (χ4v) is 2.27. The molecule has 1 aromatic rings. The van der Waals surface area contributed by atoms with Crippen LogP contribution in [0.25, 0.3) is 0 Å². The molecule has 3 heteroatoms. The summed E-state index contributed by atoms with van der Waals surface area (Å²) in [4.78, 5) is 2.32. The van der Waals surface area contributed by atoms with Gasteiger partial charge in [0.05, 0.1) is 0 Å². The van der Waals surface area contributed by atoms with Gasteiger partial charge in [-0.2, -0.15) is 0 Å². The monoisotopic (exact) mass is 222 g/mol. The van der Waals surface area contributed by atoms with Crippen LogP contribution in [-0.2, 0) is 0 Å². The summed E-state index contributed by atoms with van der Waals surface area (Å²) in [5.74, 6) is -0.130. The number of nitrogens with one attached hydrogen (secondary N) is 1. The summed E-state index contributed by atoms with van der Waals surface area (Å²) in [5.41, 5.74) is 1.65. The number of halogens is 1. The van der Waals surface area contributed by atoms with Crippen LogP contribution in [-0.4, -0.2) is 31.1 Å². The minimum absolute atomic E-state index is 0.130. The van der Waals surface area contributed by atoms with Gasteiger partial charge in [-0.15, -0.1) is 0 Å². The molecule has 1 fully saturated rings. The Morgan fingerprint density at radius 3 is 3.00 bits per heavy atom. The summed E-state index contributed by atoms with van der Waals surface area (Å²) in [5, 5.41) is 3.44. The van der Waals surface area contributed by atoms with Crippen molar-refractivity contribution in [1.82, 2.24) is 4.90 Å². The zero-order valence-corrected chi connectivity index (χ0v) is 9.96. The van der Waals surface area contributed by atoms with Crippen LogP contribution in [0.15, 0.2) is 18.2 Å². The van der Waals surface area contributed by atoms with Gasteiger partial charge >= 0.3 is 0 Å². The van der Waals surface area contributed by atoms with E-state index in [-0.39, 0.29) is 5.82 Å². The average molecular weight is 222 g/mol. The molecule has 1 unspecified atom stereocenters. The second kappa shape index (κ2) is 4.83. The Kier molecular flexibility index (Phi) is 3.44. The van der Waals surface area contributed by atoms with Crippen LogP contribution >= 0.6 is 0 Å².